The number of hydrogen-bond donors (Lipinski definition) is 1. The van der Waals surface area contributed by atoms with Gasteiger partial charge in [0.1, 0.15) is 11.2 Å². The lowest BCUT2D eigenvalue weighted by Crippen LogP contribution is -2.49. The minimum Gasteiger partial charge on any atom is -0.497 e. The minimum atomic E-state index is -0.548. The van der Waals surface area contributed by atoms with Gasteiger partial charge in [-0.15, -0.1) is 0 Å². The molecular weight excluding hydrogens is 328 g/mol. The third-order valence-corrected chi connectivity index (χ3v) is 7.22. The molecule has 1 saturated carbocycles. The lowest BCUT2D eigenvalue weighted by Gasteiger charge is -2.34. The van der Waals surface area contributed by atoms with Crippen molar-refractivity contribution in [1.82, 2.24) is 9.88 Å². The van der Waals surface area contributed by atoms with Gasteiger partial charge in [0.2, 0.25) is 0 Å². The fraction of sp³-hybridized carbons (Fsp3) is 0.571. The monoisotopic (exact) mass is 354 g/mol. The van der Waals surface area contributed by atoms with Crippen molar-refractivity contribution in [2.45, 2.75) is 37.6 Å². The van der Waals surface area contributed by atoms with Crippen LogP contribution in [0.5, 0.6) is 5.75 Å². The fourth-order valence-corrected chi connectivity index (χ4v) is 6.25. The maximum atomic E-state index is 13.3. The molecule has 5 heteroatoms. The molecule has 0 amide bonds. The van der Waals surface area contributed by atoms with Crippen LogP contribution in [-0.2, 0) is 21.4 Å². The maximum absolute atomic E-state index is 13.3. The molecule has 5 atom stereocenters. The van der Waals surface area contributed by atoms with Gasteiger partial charge in [0.15, 0.2) is 0 Å². The first kappa shape index (κ1) is 16.2. The Bertz CT molecular complexity index is 889. The Morgan fingerprint density at radius 3 is 2.96 bits per heavy atom. The van der Waals surface area contributed by atoms with E-state index in [2.05, 4.69) is 28.9 Å². The molecule has 3 heterocycles. The number of fused-ring (bicyclic) bond motifs is 3. The highest BCUT2D eigenvalue weighted by Crippen LogP contribution is 2.59. The molecule has 1 saturated heterocycles. The third kappa shape index (κ3) is 1.77. The van der Waals surface area contributed by atoms with Gasteiger partial charge in [-0.05, 0) is 48.4 Å². The molecule has 5 rings (SSSR count). The Hall–Kier alpha value is -2.01. The van der Waals surface area contributed by atoms with Crippen molar-refractivity contribution < 1.29 is 14.3 Å². The quantitative estimate of drug-likeness (QED) is 0.861. The molecule has 3 aliphatic rings. The van der Waals surface area contributed by atoms with Crippen LogP contribution in [0.4, 0.5) is 0 Å². The van der Waals surface area contributed by atoms with Crippen LogP contribution in [0.15, 0.2) is 18.2 Å². The zero-order chi connectivity index (χ0) is 18.1. The second-order valence-electron chi connectivity index (χ2n) is 8.04. The van der Waals surface area contributed by atoms with Crippen molar-refractivity contribution in [2.75, 3.05) is 27.3 Å². The molecule has 2 fully saturated rings. The lowest BCUT2D eigenvalue weighted by molar-refractivity contribution is -0.149. The summed E-state index contributed by atoms with van der Waals surface area (Å²) in [5, 5.41) is 1.18. The van der Waals surface area contributed by atoms with Gasteiger partial charge in [0, 0.05) is 35.7 Å². The number of nitrogens with zero attached hydrogens (tertiary/aromatic N) is 1. The molecule has 138 valence electrons. The van der Waals surface area contributed by atoms with Gasteiger partial charge in [-0.25, -0.2) is 0 Å². The number of methoxy groups -OCH3 is 2. The van der Waals surface area contributed by atoms with Crippen molar-refractivity contribution in [1.29, 1.82) is 0 Å². The minimum absolute atomic E-state index is 0.0624. The Morgan fingerprint density at radius 2 is 2.23 bits per heavy atom. The van der Waals surface area contributed by atoms with Crippen molar-refractivity contribution in [2.24, 2.45) is 11.8 Å². The predicted molar refractivity (Wildman–Crippen MR) is 99.5 cm³/mol. The highest BCUT2D eigenvalue weighted by atomic mass is 16.5. The van der Waals surface area contributed by atoms with Gasteiger partial charge in [-0.2, -0.15) is 0 Å². The van der Waals surface area contributed by atoms with Gasteiger partial charge < -0.3 is 14.5 Å². The number of aromatic amines is 1. The molecule has 1 N–H and O–H groups in total. The number of rotatable bonds is 3. The maximum Gasteiger partial charge on any atom is 0.319 e. The third-order valence-electron chi connectivity index (χ3n) is 7.22. The SMILES string of the molecule is CCC1C[C@@H]2CN3CCc4c([nH]c5ccc(OC)cc45)[C@@]2(C(=O)OC)C13. The van der Waals surface area contributed by atoms with E-state index in [1.165, 1.54) is 18.1 Å². The largest absolute Gasteiger partial charge is 0.497 e. The molecule has 2 aromatic rings. The predicted octanol–water partition coefficient (Wildman–Crippen LogP) is 2.87. The van der Waals surface area contributed by atoms with Gasteiger partial charge in [0.05, 0.1) is 14.2 Å². The summed E-state index contributed by atoms with van der Waals surface area (Å²) in [5.74, 6) is 1.68. The van der Waals surface area contributed by atoms with Gasteiger partial charge >= 0.3 is 5.97 Å². The topological polar surface area (TPSA) is 54.6 Å². The molecule has 26 heavy (non-hydrogen) atoms. The Balaban J connectivity index is 1.80. The van der Waals surface area contributed by atoms with Crippen molar-refractivity contribution in [3.8, 4) is 5.75 Å². The van der Waals surface area contributed by atoms with E-state index in [1.807, 2.05) is 6.07 Å². The smallest absolute Gasteiger partial charge is 0.319 e. The summed E-state index contributed by atoms with van der Waals surface area (Å²) in [6, 6.07) is 6.40. The average molecular weight is 354 g/mol. The van der Waals surface area contributed by atoms with E-state index in [-0.39, 0.29) is 12.0 Å². The zero-order valence-electron chi connectivity index (χ0n) is 15.7. The number of piperidine rings is 1. The Morgan fingerprint density at radius 1 is 1.38 bits per heavy atom. The molecule has 5 nitrogen and oxygen atoms in total. The molecule has 0 spiro atoms. The molecular formula is C21H26N2O3. The standard InChI is InChI=1S/C21H26N2O3/c1-4-12-9-13-11-23-8-7-15-16-10-14(25-2)5-6-17(16)22-18(15)21(13,19(12)23)20(24)26-3/h5-6,10,12-13,19,22H,4,7-9,11H2,1-3H3/t12?,13-,19?,21-/m1/s1. The summed E-state index contributed by atoms with van der Waals surface area (Å²) < 4.78 is 10.9. The summed E-state index contributed by atoms with van der Waals surface area (Å²) in [6.45, 7) is 4.27. The number of hydrogen-bond acceptors (Lipinski definition) is 4. The van der Waals surface area contributed by atoms with E-state index in [9.17, 15) is 4.79 Å². The number of aromatic nitrogens is 1. The number of benzene rings is 1. The van der Waals surface area contributed by atoms with E-state index < -0.39 is 5.41 Å². The summed E-state index contributed by atoms with van der Waals surface area (Å²) in [7, 11) is 3.23. The van der Waals surface area contributed by atoms with Gasteiger partial charge in [0.25, 0.3) is 0 Å². The van der Waals surface area contributed by atoms with E-state index in [0.717, 1.165) is 49.3 Å². The van der Waals surface area contributed by atoms with Crippen LogP contribution < -0.4 is 4.74 Å². The molecule has 1 aliphatic carbocycles. The molecule has 4 bridgehead atoms. The normalized spacial score (nSPS) is 34.6. The number of ether oxygens (including phenoxy) is 2. The molecule has 3 unspecified atom stereocenters. The van der Waals surface area contributed by atoms with Crippen molar-refractivity contribution in [3.63, 3.8) is 0 Å². The summed E-state index contributed by atoms with van der Waals surface area (Å²) in [5.41, 5.74) is 2.93. The van der Waals surface area contributed by atoms with Crippen LogP contribution in [0.1, 0.15) is 31.0 Å². The number of esters is 1. The number of carbonyl (C=O) groups excluding carboxylic acids is 1. The van der Waals surface area contributed by atoms with E-state index >= 15 is 0 Å². The Kier molecular flexibility index (Phi) is 3.42. The first-order chi connectivity index (χ1) is 12.6. The van der Waals surface area contributed by atoms with Crippen LogP contribution >= 0.6 is 0 Å². The molecule has 2 aliphatic heterocycles. The average Bonchev–Trinajstić information content (AvgIpc) is 3.26. The molecule has 0 radical (unpaired) electrons. The molecule has 1 aromatic heterocycles. The van der Waals surface area contributed by atoms with Crippen LogP contribution in [0, 0.1) is 11.8 Å². The Labute approximate surface area is 153 Å². The van der Waals surface area contributed by atoms with Crippen molar-refractivity contribution >= 4 is 16.9 Å². The van der Waals surface area contributed by atoms with Gasteiger partial charge in [-0.1, -0.05) is 13.3 Å². The van der Waals surface area contributed by atoms with E-state index in [0.29, 0.717) is 11.8 Å². The van der Waals surface area contributed by atoms with E-state index in [1.54, 1.807) is 7.11 Å². The van der Waals surface area contributed by atoms with Crippen molar-refractivity contribution in [3.05, 3.63) is 29.5 Å². The summed E-state index contributed by atoms with van der Waals surface area (Å²) >= 11 is 0. The van der Waals surface area contributed by atoms with E-state index in [4.69, 9.17) is 9.47 Å². The van der Waals surface area contributed by atoms with Crippen LogP contribution in [0.3, 0.4) is 0 Å². The lowest BCUT2D eigenvalue weighted by atomic mass is 9.73. The fourth-order valence-electron chi connectivity index (χ4n) is 6.25. The van der Waals surface area contributed by atoms with Gasteiger partial charge in [-0.3, -0.25) is 9.69 Å². The number of H-pyrrole nitrogens is 1. The highest BCUT2D eigenvalue weighted by molar-refractivity contribution is 5.93. The van der Waals surface area contributed by atoms with Crippen LogP contribution in [-0.4, -0.2) is 49.2 Å². The number of nitrogens with one attached hydrogen (secondary N) is 1. The highest BCUT2D eigenvalue weighted by Gasteiger charge is 2.69. The van der Waals surface area contributed by atoms with Crippen LogP contribution in [0.25, 0.3) is 10.9 Å². The van der Waals surface area contributed by atoms with Crippen LogP contribution in [0.2, 0.25) is 0 Å². The zero-order valence-corrected chi connectivity index (χ0v) is 15.7. The first-order valence-corrected chi connectivity index (χ1v) is 9.66. The summed E-state index contributed by atoms with van der Waals surface area (Å²) in [4.78, 5) is 19.5. The number of carbonyl (C=O) groups is 1. The second-order valence-corrected chi connectivity index (χ2v) is 8.04. The first-order valence-electron chi connectivity index (χ1n) is 9.66. The molecule has 1 aromatic carbocycles. The second kappa shape index (κ2) is 5.49. The summed E-state index contributed by atoms with van der Waals surface area (Å²) in [6.07, 6.45) is 3.19.